The van der Waals surface area contributed by atoms with Gasteiger partial charge in [-0.1, -0.05) is 454 Å². The number of hydrogen-bond acceptors (Lipinski definition) is 2. The van der Waals surface area contributed by atoms with Crippen molar-refractivity contribution in [3.05, 3.63) is 202 Å². The number of rotatable bonds is 14. The van der Waals surface area contributed by atoms with Crippen LogP contribution in [-0.2, 0) is 16.0 Å². The van der Waals surface area contributed by atoms with Gasteiger partial charge in [-0.05, 0) is 367 Å². The Balaban J connectivity index is 0.000000170. The zero-order chi connectivity index (χ0) is 97.4. The van der Waals surface area contributed by atoms with Gasteiger partial charge in [-0.2, -0.15) is 0 Å². The maximum Gasteiger partial charge on any atom is 0.308 e. The van der Waals surface area contributed by atoms with Gasteiger partial charge < -0.3 is 4.74 Å². The van der Waals surface area contributed by atoms with Crippen molar-refractivity contribution in [2.45, 2.75) is 477 Å². The molecule has 18 rings (SSSR count). The number of aryl methyl sites for hydroxylation is 6. The average molecular weight is 1860 g/mol. The van der Waals surface area contributed by atoms with E-state index in [9.17, 15) is 4.79 Å². The highest BCUT2D eigenvalue weighted by molar-refractivity contribution is 5.72. The van der Waals surface area contributed by atoms with Crippen molar-refractivity contribution in [3.8, 4) is 11.1 Å². The van der Waals surface area contributed by atoms with E-state index in [-0.39, 0.29) is 11.9 Å². The highest BCUT2D eigenvalue weighted by atomic mass is 16.5. The summed E-state index contributed by atoms with van der Waals surface area (Å²) in [7, 11) is 1.47. The SMILES string of the molecule is CC1=CCC(C2CCC(C)CC2)CC1.CC1CC=C(C2CCC(C)CC2)CC1.CC1CCC(C2CCC(C)CC2)CC1.CC1CCC(C=CC2CCC(C)CC2)CC1.CC1CCC(CCC2CCC(C)CC2)CC1.COC(=O)C1CCC(C)CC1.Cc1ccc(-c2ccc(C)cc2)cc1.Cc1ccc(C2CCC(C)CC2)cc1.Cc1ccc(CCC2CCC(C)CC2)cc1.Cc1ccccc1. The van der Waals surface area contributed by atoms with E-state index < -0.39 is 0 Å². The normalized spacial score (nSPS) is 32.3. The Morgan fingerprint density at radius 2 is 0.581 bits per heavy atom. The van der Waals surface area contributed by atoms with E-state index in [0.717, 1.165) is 149 Å². The molecule has 5 aromatic rings. The molecule has 11 saturated carbocycles. The molecule has 0 spiro atoms. The molecule has 2 unspecified atom stereocenters. The fourth-order valence-electron chi connectivity index (χ4n) is 25.5. The third-order valence-electron chi connectivity index (χ3n) is 37.1. The number of carbonyl (C=O) groups excluding carboxylic acids is 1. The molecule has 2 nitrogen and oxygen atoms in total. The molecule has 2 atom stereocenters. The number of esters is 1. The number of hydrogen-bond donors (Lipinski definition) is 0. The van der Waals surface area contributed by atoms with Gasteiger partial charge in [0.2, 0.25) is 0 Å². The summed E-state index contributed by atoms with van der Waals surface area (Å²) in [6.45, 7) is 41.7. The number of allylic oxidation sites excluding steroid dienone is 6. The molecule has 11 fully saturated rings. The molecule has 0 aromatic heterocycles. The quantitative estimate of drug-likeness (QED) is 0.0818. The Morgan fingerprint density at radius 1 is 0.272 bits per heavy atom. The lowest BCUT2D eigenvalue weighted by Gasteiger charge is -2.36. The van der Waals surface area contributed by atoms with Gasteiger partial charge >= 0.3 is 5.97 Å². The summed E-state index contributed by atoms with van der Waals surface area (Å²) in [6, 6.07) is 45.7. The topological polar surface area (TPSA) is 26.3 Å². The van der Waals surface area contributed by atoms with Gasteiger partial charge in [0.25, 0.3) is 0 Å². The second-order valence-corrected chi connectivity index (χ2v) is 49.9. The van der Waals surface area contributed by atoms with E-state index in [4.69, 9.17) is 0 Å². The van der Waals surface area contributed by atoms with Crippen molar-refractivity contribution in [3.63, 3.8) is 0 Å². The zero-order valence-corrected chi connectivity index (χ0v) is 92.3. The Morgan fingerprint density at radius 3 is 0.912 bits per heavy atom. The Labute approximate surface area is 843 Å². The lowest BCUT2D eigenvalue weighted by atomic mass is 9.70. The van der Waals surface area contributed by atoms with Crippen molar-refractivity contribution in [1.82, 2.24) is 0 Å². The lowest BCUT2D eigenvalue weighted by molar-refractivity contribution is -0.146. The minimum atomic E-state index is -0.0168. The number of ether oxygens (including phenoxy) is 1. The maximum atomic E-state index is 11.1. The zero-order valence-electron chi connectivity index (χ0n) is 92.3. The number of benzene rings is 5. The molecule has 762 valence electrons. The van der Waals surface area contributed by atoms with Crippen LogP contribution in [0, 0.1) is 171 Å². The van der Waals surface area contributed by atoms with Crippen LogP contribution < -0.4 is 0 Å². The molecule has 0 amide bonds. The third-order valence-corrected chi connectivity index (χ3v) is 37.1. The summed E-state index contributed by atoms with van der Waals surface area (Å²) < 4.78 is 4.69. The first kappa shape index (κ1) is 114. The van der Waals surface area contributed by atoms with E-state index >= 15 is 0 Å². The molecule has 13 aliphatic rings. The molecule has 0 aliphatic heterocycles. The molecule has 0 saturated heterocycles. The third kappa shape index (κ3) is 46.0. The number of carbonyl (C=O) groups is 1. The van der Waals surface area contributed by atoms with Crippen molar-refractivity contribution in [2.24, 2.45) is 136 Å². The van der Waals surface area contributed by atoms with Crippen LogP contribution in [0.25, 0.3) is 11.1 Å². The van der Waals surface area contributed by atoms with Gasteiger partial charge in [0.05, 0.1) is 13.0 Å². The molecule has 2 heteroatoms. The summed E-state index contributed by atoms with van der Waals surface area (Å²) in [4.78, 5) is 11.1. The highest BCUT2D eigenvalue weighted by Crippen LogP contribution is 2.45. The summed E-state index contributed by atoms with van der Waals surface area (Å²) in [6.07, 6.45) is 88.1. The van der Waals surface area contributed by atoms with Crippen molar-refractivity contribution in [1.29, 1.82) is 0 Å². The molecular weight excluding hydrogens is 1640 g/mol. The lowest BCUT2D eigenvalue weighted by Crippen LogP contribution is -2.24. The minimum absolute atomic E-state index is 0.0168. The van der Waals surface area contributed by atoms with Crippen LogP contribution in [0.4, 0.5) is 0 Å². The van der Waals surface area contributed by atoms with Crippen LogP contribution in [0.15, 0.2) is 163 Å². The fourth-order valence-corrected chi connectivity index (χ4v) is 25.5. The van der Waals surface area contributed by atoms with E-state index in [2.05, 4.69) is 263 Å². The average Bonchev–Trinajstić information content (AvgIpc) is 0.871. The van der Waals surface area contributed by atoms with Gasteiger partial charge in [-0.3, -0.25) is 4.79 Å². The molecule has 0 N–H and O–H groups in total. The minimum Gasteiger partial charge on any atom is -0.469 e. The van der Waals surface area contributed by atoms with E-state index in [1.54, 1.807) is 49.7 Å². The predicted molar refractivity (Wildman–Crippen MR) is 597 cm³/mol. The van der Waals surface area contributed by atoms with E-state index in [0.29, 0.717) is 0 Å². The Bertz CT molecular complexity index is 3800. The molecule has 0 bridgehead atoms. The molecule has 0 heterocycles. The summed E-state index contributed by atoms with van der Waals surface area (Å²) in [5.74, 6) is 23.1. The summed E-state index contributed by atoms with van der Waals surface area (Å²) in [5.41, 5.74) is 15.8. The van der Waals surface area contributed by atoms with Crippen LogP contribution in [0.3, 0.4) is 0 Å². The number of methoxy groups -OCH3 is 1. The predicted octanol–water partition coefficient (Wildman–Crippen LogP) is 41.4. The first-order chi connectivity index (χ1) is 65.6. The smallest absolute Gasteiger partial charge is 0.308 e. The molecule has 0 radical (unpaired) electrons. The molecular formula is C134H214O2. The molecule has 136 heavy (non-hydrogen) atoms. The molecule has 5 aromatic carbocycles. The van der Waals surface area contributed by atoms with Gasteiger partial charge in [0, 0.05) is 0 Å². The summed E-state index contributed by atoms with van der Waals surface area (Å²) >= 11 is 0. The maximum absolute atomic E-state index is 11.1. The van der Waals surface area contributed by atoms with Crippen molar-refractivity contribution >= 4 is 5.97 Å². The second kappa shape index (κ2) is 64.4. The van der Waals surface area contributed by atoms with Crippen molar-refractivity contribution < 1.29 is 9.53 Å². The van der Waals surface area contributed by atoms with E-state index in [1.165, 1.54) is 347 Å². The molecule has 13 aliphatic carbocycles. The largest absolute Gasteiger partial charge is 0.469 e. The fraction of sp³-hybridized carbons (Fsp3) is 0.724. The van der Waals surface area contributed by atoms with Crippen LogP contribution in [-0.4, -0.2) is 13.1 Å². The van der Waals surface area contributed by atoms with Gasteiger partial charge in [-0.25, -0.2) is 0 Å². The van der Waals surface area contributed by atoms with Crippen LogP contribution >= 0.6 is 0 Å². The van der Waals surface area contributed by atoms with Crippen LogP contribution in [0.2, 0.25) is 0 Å². The van der Waals surface area contributed by atoms with Crippen molar-refractivity contribution in [2.75, 3.05) is 7.11 Å². The summed E-state index contributed by atoms with van der Waals surface area (Å²) in [5, 5.41) is 0. The van der Waals surface area contributed by atoms with Crippen LogP contribution in [0.1, 0.15) is 475 Å². The van der Waals surface area contributed by atoms with Gasteiger partial charge in [0.15, 0.2) is 0 Å². The Kier molecular flexibility index (Phi) is 54.2. The first-order valence-electron chi connectivity index (χ1n) is 59.0. The Hall–Kier alpha value is -5.21. The van der Waals surface area contributed by atoms with Gasteiger partial charge in [0.1, 0.15) is 0 Å². The van der Waals surface area contributed by atoms with E-state index in [1.807, 2.05) is 23.8 Å². The highest BCUT2D eigenvalue weighted by Gasteiger charge is 2.32. The second-order valence-electron chi connectivity index (χ2n) is 49.9. The first-order valence-corrected chi connectivity index (χ1v) is 59.0. The van der Waals surface area contributed by atoms with Gasteiger partial charge in [-0.15, -0.1) is 0 Å². The standard InChI is InChI=1S/C16H30.C16H28.C16H24.C14H26.2C14H24.C14H20.C14H14.C9H16O2.C7H8/c3*1-13-3-7-15(8-4-13)11-12-16-9-5-14(2)6-10-16;5*1-11-3-7-13(8-4-11)14-9-5-12(2)6-10-14;1-7-3-5-8(6-4-7)9(10)11-2;1-7-5-3-2-4-6-7/h13-16H,3-12H2,1-2H3;11-16H,3-10H2,1-2H3;3-4,7-8,14,16H,5-6,9-12H2,1-2H3;11-14H,3-10H2,1-2H3;7,11-12,14H,3-6,8-10H2,1-2H3;3,12-14H,4-10H2,1-2H3;3-4,7-8,12,14H,5-6,9-10H2,1-2H3;3-10H,1-2H3;7-8H,3-6H2,1-2H3;2-6H,1H3. The van der Waals surface area contributed by atoms with Crippen LogP contribution in [0.5, 0.6) is 0 Å². The monoisotopic (exact) mass is 1860 g/mol.